The molecule has 0 bridgehead atoms. The maximum atomic E-state index is 13.0. The summed E-state index contributed by atoms with van der Waals surface area (Å²) in [7, 11) is 1.71. The zero-order chi connectivity index (χ0) is 19.9. The van der Waals surface area contributed by atoms with E-state index in [1.54, 1.807) is 23.8 Å². The third-order valence-corrected chi connectivity index (χ3v) is 6.18. The Balaban J connectivity index is 0.00000240. The molecule has 3 saturated heterocycles. The van der Waals surface area contributed by atoms with Gasteiger partial charge in [0.05, 0.1) is 6.54 Å². The number of carbonyl (C=O) groups is 2. The van der Waals surface area contributed by atoms with E-state index in [-0.39, 0.29) is 35.9 Å². The summed E-state index contributed by atoms with van der Waals surface area (Å²) in [5, 5.41) is 3.31. The zero-order valence-corrected chi connectivity index (χ0v) is 17.7. The van der Waals surface area contributed by atoms with Gasteiger partial charge >= 0.3 is 11.7 Å². The Morgan fingerprint density at radius 1 is 1.28 bits per heavy atom. The van der Waals surface area contributed by atoms with Crippen LogP contribution >= 0.6 is 12.4 Å². The highest BCUT2D eigenvalue weighted by molar-refractivity contribution is 5.95. The molecule has 4 heterocycles. The molecular weight excluding hydrogens is 398 g/mol. The Bertz CT molecular complexity index is 841. The van der Waals surface area contributed by atoms with Gasteiger partial charge in [0, 0.05) is 45.4 Å². The Labute approximate surface area is 176 Å². The van der Waals surface area contributed by atoms with Gasteiger partial charge < -0.3 is 24.3 Å². The number of carbonyl (C=O) groups excluding carboxylic acids is 2. The fraction of sp³-hybridized carbons (Fsp3) is 0.650. The number of piperidine rings is 2. The van der Waals surface area contributed by atoms with Gasteiger partial charge in [-0.1, -0.05) is 0 Å². The number of hydrogen-bond acceptors (Lipinski definition) is 6. The lowest BCUT2D eigenvalue weighted by atomic mass is 9.91. The van der Waals surface area contributed by atoms with Gasteiger partial charge in [-0.2, -0.15) is 0 Å². The summed E-state index contributed by atoms with van der Waals surface area (Å²) in [4.78, 5) is 40.5. The first-order chi connectivity index (χ1) is 13.4. The van der Waals surface area contributed by atoms with Crippen molar-refractivity contribution in [3.63, 3.8) is 0 Å². The summed E-state index contributed by atoms with van der Waals surface area (Å²) in [6.45, 7) is 5.01. The standard InChI is InChI=1S/C20H27N3O5.ClH/c1-13-10-15(14-4-3-7-21-11-14)27-18(25)16(13)17(24)23-8-5-20(6-9-23)12-22(2)19(26)28-20;/h10,14,21H,3-9,11-12H2,1-2H3;1H. The van der Waals surface area contributed by atoms with Gasteiger partial charge in [0.2, 0.25) is 0 Å². The second-order valence-electron chi connectivity index (χ2n) is 8.24. The van der Waals surface area contributed by atoms with Crippen molar-refractivity contribution in [2.24, 2.45) is 0 Å². The molecule has 0 saturated carbocycles. The number of likely N-dealkylation sites (N-methyl/N-ethyl adjacent to an activating group) is 1. The largest absolute Gasteiger partial charge is 0.441 e. The van der Waals surface area contributed by atoms with Crippen molar-refractivity contribution in [3.05, 3.63) is 33.4 Å². The van der Waals surface area contributed by atoms with Crippen molar-refractivity contribution >= 4 is 24.4 Å². The predicted molar refractivity (Wildman–Crippen MR) is 109 cm³/mol. The Kier molecular flexibility index (Phi) is 6.24. The fourth-order valence-electron chi connectivity index (χ4n) is 4.51. The number of likely N-dealkylation sites (tertiary alicyclic amines) is 1. The van der Waals surface area contributed by atoms with E-state index in [2.05, 4.69) is 5.32 Å². The monoisotopic (exact) mass is 425 g/mol. The number of hydrogen-bond donors (Lipinski definition) is 1. The molecule has 160 valence electrons. The number of amides is 2. The van der Waals surface area contributed by atoms with E-state index in [0.29, 0.717) is 43.8 Å². The highest BCUT2D eigenvalue weighted by atomic mass is 35.5. The predicted octanol–water partition coefficient (Wildman–Crippen LogP) is 1.89. The molecule has 8 nitrogen and oxygen atoms in total. The maximum absolute atomic E-state index is 13.0. The average Bonchev–Trinajstić information content (AvgIpc) is 2.95. The molecule has 1 spiro atoms. The lowest BCUT2D eigenvalue weighted by Gasteiger charge is -2.37. The SMILES string of the molecule is Cc1cc(C2CCCNC2)oc(=O)c1C(=O)N1CCC2(CC1)CN(C)C(=O)O2.Cl. The van der Waals surface area contributed by atoms with Crippen LogP contribution in [0.1, 0.15) is 53.3 Å². The van der Waals surface area contributed by atoms with Crippen LogP contribution in [-0.2, 0) is 4.74 Å². The fourth-order valence-corrected chi connectivity index (χ4v) is 4.51. The number of nitrogens with one attached hydrogen (secondary N) is 1. The normalized spacial score (nSPS) is 23.7. The molecular formula is C20H28ClN3O5. The van der Waals surface area contributed by atoms with Crippen molar-refractivity contribution in [2.45, 2.75) is 44.1 Å². The Hall–Kier alpha value is -2.06. The highest BCUT2D eigenvalue weighted by Gasteiger charge is 2.46. The molecule has 1 aromatic rings. The molecule has 3 fully saturated rings. The summed E-state index contributed by atoms with van der Waals surface area (Å²) in [5.74, 6) is 0.532. The van der Waals surface area contributed by atoms with Gasteiger partial charge in [-0.25, -0.2) is 9.59 Å². The smallest absolute Gasteiger partial charge is 0.410 e. The molecule has 1 unspecified atom stereocenters. The van der Waals surface area contributed by atoms with E-state index in [1.165, 1.54) is 0 Å². The first-order valence-electron chi connectivity index (χ1n) is 9.97. The van der Waals surface area contributed by atoms with E-state index in [1.807, 2.05) is 6.07 Å². The highest BCUT2D eigenvalue weighted by Crippen LogP contribution is 2.33. The number of ether oxygens (including phenoxy) is 1. The van der Waals surface area contributed by atoms with Gasteiger partial charge in [0.1, 0.15) is 16.9 Å². The number of aryl methyl sites for hydroxylation is 1. The molecule has 3 aliphatic rings. The molecule has 1 atom stereocenters. The van der Waals surface area contributed by atoms with Crippen molar-refractivity contribution in [2.75, 3.05) is 39.8 Å². The molecule has 4 rings (SSSR count). The van der Waals surface area contributed by atoms with Crippen LogP contribution in [0.3, 0.4) is 0 Å². The maximum Gasteiger partial charge on any atom is 0.410 e. The van der Waals surface area contributed by atoms with E-state index in [0.717, 1.165) is 25.9 Å². The molecule has 2 amide bonds. The van der Waals surface area contributed by atoms with Gasteiger partial charge in [0.15, 0.2) is 0 Å². The average molecular weight is 426 g/mol. The van der Waals surface area contributed by atoms with E-state index in [9.17, 15) is 14.4 Å². The molecule has 9 heteroatoms. The lowest BCUT2D eigenvalue weighted by molar-refractivity contribution is 0.00304. The summed E-state index contributed by atoms with van der Waals surface area (Å²) < 4.78 is 11.1. The van der Waals surface area contributed by atoms with E-state index in [4.69, 9.17) is 9.15 Å². The van der Waals surface area contributed by atoms with E-state index >= 15 is 0 Å². The third-order valence-electron chi connectivity index (χ3n) is 6.18. The summed E-state index contributed by atoms with van der Waals surface area (Å²) >= 11 is 0. The van der Waals surface area contributed by atoms with Gasteiger partial charge in [-0.05, 0) is 37.9 Å². The van der Waals surface area contributed by atoms with Crippen LogP contribution in [-0.4, -0.2) is 67.2 Å². The number of rotatable bonds is 2. The van der Waals surface area contributed by atoms with Crippen molar-refractivity contribution in [1.82, 2.24) is 15.1 Å². The molecule has 0 radical (unpaired) electrons. The summed E-state index contributed by atoms with van der Waals surface area (Å²) in [5.41, 5.74) is -0.295. The third kappa shape index (κ3) is 4.14. The van der Waals surface area contributed by atoms with Crippen molar-refractivity contribution in [1.29, 1.82) is 0 Å². The Morgan fingerprint density at radius 2 is 2.00 bits per heavy atom. The van der Waals surface area contributed by atoms with Crippen LogP contribution in [0.2, 0.25) is 0 Å². The number of nitrogens with zero attached hydrogens (tertiary/aromatic N) is 2. The minimum absolute atomic E-state index is 0. The molecule has 1 N–H and O–H groups in total. The minimum atomic E-state index is -0.558. The summed E-state index contributed by atoms with van der Waals surface area (Å²) in [6, 6.07) is 1.84. The topological polar surface area (TPSA) is 92.1 Å². The van der Waals surface area contributed by atoms with Crippen LogP contribution < -0.4 is 10.9 Å². The lowest BCUT2D eigenvalue weighted by Crippen LogP contribution is -2.49. The second-order valence-corrected chi connectivity index (χ2v) is 8.24. The molecule has 0 aromatic carbocycles. The van der Waals surface area contributed by atoms with Crippen LogP contribution in [0.25, 0.3) is 0 Å². The quantitative estimate of drug-likeness (QED) is 0.778. The zero-order valence-electron chi connectivity index (χ0n) is 16.9. The van der Waals surface area contributed by atoms with Crippen molar-refractivity contribution in [3.8, 4) is 0 Å². The first-order valence-corrected chi connectivity index (χ1v) is 9.97. The molecule has 0 aliphatic carbocycles. The van der Waals surface area contributed by atoms with Crippen LogP contribution in [0.4, 0.5) is 4.79 Å². The summed E-state index contributed by atoms with van der Waals surface area (Å²) in [6.07, 6.45) is 2.85. The Morgan fingerprint density at radius 3 is 2.55 bits per heavy atom. The number of halogens is 1. The first kappa shape index (κ1) is 21.6. The van der Waals surface area contributed by atoms with Crippen LogP contribution in [0.15, 0.2) is 15.3 Å². The van der Waals surface area contributed by atoms with Gasteiger partial charge in [-0.3, -0.25) is 4.79 Å². The van der Waals surface area contributed by atoms with E-state index < -0.39 is 11.2 Å². The minimum Gasteiger partial charge on any atom is -0.441 e. The van der Waals surface area contributed by atoms with Crippen LogP contribution in [0, 0.1) is 6.92 Å². The molecule has 3 aliphatic heterocycles. The van der Waals surface area contributed by atoms with Crippen molar-refractivity contribution < 1.29 is 18.7 Å². The second kappa shape index (κ2) is 8.36. The molecule has 1 aromatic heterocycles. The van der Waals surface area contributed by atoms with Gasteiger partial charge in [0.25, 0.3) is 5.91 Å². The van der Waals surface area contributed by atoms with Crippen LogP contribution in [0.5, 0.6) is 0 Å². The van der Waals surface area contributed by atoms with Gasteiger partial charge in [-0.15, -0.1) is 12.4 Å². The molecule has 29 heavy (non-hydrogen) atoms.